The first-order valence-corrected chi connectivity index (χ1v) is 12.1. The minimum Gasteiger partial charge on any atom is -0.447 e. The van der Waals surface area contributed by atoms with Crippen molar-refractivity contribution in [2.75, 3.05) is 42.6 Å². The molecule has 7 nitrogen and oxygen atoms in total. The molecule has 1 aromatic carbocycles. The molecule has 2 amide bonds. The number of nitrogens with zero attached hydrogens (tertiary/aromatic N) is 3. The first-order chi connectivity index (χ1) is 16.2. The van der Waals surface area contributed by atoms with Gasteiger partial charge < -0.3 is 19.6 Å². The van der Waals surface area contributed by atoms with Gasteiger partial charge in [0.1, 0.15) is 6.61 Å². The number of hydrogen-bond donors (Lipinski definition) is 1. The van der Waals surface area contributed by atoms with E-state index in [9.17, 15) is 27.9 Å². The number of halogens is 3. The van der Waals surface area contributed by atoms with Crippen LogP contribution in [0.2, 0.25) is 0 Å². The standard InChI is InChI=1S/C24H30F3N3O4/c25-24(26,27)19-14-17(30-12-13-34-22(30)33)4-7-20(19)28-10-1-8-23(15-28)9-11-29(21(23)32)16-2-5-18(31)6-3-16/h4,7,14,16,18,31H,1-3,5-6,8-13,15H2/t16-,18-,23-/m1/s1. The highest BCUT2D eigenvalue weighted by Gasteiger charge is 2.51. The molecule has 186 valence electrons. The molecule has 3 heterocycles. The van der Waals surface area contributed by atoms with Crippen molar-refractivity contribution in [2.45, 2.75) is 63.3 Å². The third-order valence-electron chi connectivity index (χ3n) is 7.93. The largest absolute Gasteiger partial charge is 0.447 e. The number of cyclic esters (lactones) is 1. The molecule has 0 bridgehead atoms. The lowest BCUT2D eigenvalue weighted by Gasteiger charge is -2.42. The van der Waals surface area contributed by atoms with E-state index in [0.717, 1.165) is 18.9 Å². The minimum atomic E-state index is -4.60. The number of amides is 2. The Morgan fingerprint density at radius 3 is 2.47 bits per heavy atom. The average molecular weight is 482 g/mol. The Balaban J connectivity index is 1.39. The van der Waals surface area contributed by atoms with Crippen LogP contribution in [0.3, 0.4) is 0 Å². The molecule has 1 aromatic rings. The molecule has 1 N–H and O–H groups in total. The zero-order valence-corrected chi connectivity index (χ0v) is 19.0. The van der Waals surface area contributed by atoms with Gasteiger partial charge in [-0.3, -0.25) is 9.69 Å². The van der Waals surface area contributed by atoms with E-state index in [2.05, 4.69) is 0 Å². The highest BCUT2D eigenvalue weighted by atomic mass is 19.4. The minimum absolute atomic E-state index is 0.0450. The Labute approximate surface area is 196 Å². The quantitative estimate of drug-likeness (QED) is 0.712. The molecule has 0 aromatic heterocycles. The Morgan fingerprint density at radius 1 is 1.03 bits per heavy atom. The van der Waals surface area contributed by atoms with Crippen molar-refractivity contribution in [3.63, 3.8) is 0 Å². The summed E-state index contributed by atoms with van der Waals surface area (Å²) in [6.07, 6.45) is -0.707. The van der Waals surface area contributed by atoms with E-state index in [1.807, 2.05) is 4.90 Å². The summed E-state index contributed by atoms with van der Waals surface area (Å²) in [5.41, 5.74) is -1.26. The lowest BCUT2D eigenvalue weighted by atomic mass is 9.78. The molecule has 1 spiro atoms. The molecule has 1 aliphatic carbocycles. The summed E-state index contributed by atoms with van der Waals surface area (Å²) in [6.45, 7) is 1.68. The van der Waals surface area contributed by atoms with Gasteiger partial charge in [-0.1, -0.05) is 0 Å². The molecular formula is C24H30F3N3O4. The number of aliphatic hydroxyl groups is 1. The van der Waals surface area contributed by atoms with Crippen molar-refractivity contribution in [1.82, 2.24) is 4.90 Å². The van der Waals surface area contributed by atoms with Crippen molar-refractivity contribution >= 4 is 23.4 Å². The second-order valence-electron chi connectivity index (χ2n) is 9.98. The molecule has 5 rings (SSSR count). The molecule has 3 aliphatic heterocycles. The van der Waals surface area contributed by atoms with Crippen LogP contribution in [0.15, 0.2) is 18.2 Å². The summed E-state index contributed by atoms with van der Waals surface area (Å²) in [5, 5.41) is 9.80. The van der Waals surface area contributed by atoms with E-state index in [1.54, 1.807) is 4.90 Å². The number of carbonyl (C=O) groups is 2. The maximum atomic E-state index is 14.1. The third-order valence-corrected chi connectivity index (χ3v) is 7.93. The highest BCUT2D eigenvalue weighted by molar-refractivity contribution is 5.90. The van der Waals surface area contributed by atoms with Gasteiger partial charge >= 0.3 is 12.3 Å². The number of anilines is 2. The lowest BCUT2D eigenvalue weighted by Crippen LogP contribution is -2.50. The number of hydrogen-bond acceptors (Lipinski definition) is 5. The third kappa shape index (κ3) is 4.10. The lowest BCUT2D eigenvalue weighted by molar-refractivity contribution is -0.139. The van der Waals surface area contributed by atoms with Gasteiger partial charge in [0.15, 0.2) is 0 Å². The molecular weight excluding hydrogens is 451 g/mol. The van der Waals surface area contributed by atoms with Crippen LogP contribution in [0.4, 0.5) is 29.3 Å². The van der Waals surface area contributed by atoms with Crippen molar-refractivity contribution in [1.29, 1.82) is 0 Å². The van der Waals surface area contributed by atoms with Crippen molar-refractivity contribution in [2.24, 2.45) is 5.41 Å². The molecule has 34 heavy (non-hydrogen) atoms. The van der Waals surface area contributed by atoms with Gasteiger partial charge in [0.25, 0.3) is 0 Å². The summed E-state index contributed by atoms with van der Waals surface area (Å²) in [5.74, 6) is 0.0450. The molecule has 0 radical (unpaired) electrons. The molecule has 4 aliphatic rings. The van der Waals surface area contributed by atoms with E-state index in [-0.39, 0.29) is 49.1 Å². The summed E-state index contributed by atoms with van der Waals surface area (Å²) in [7, 11) is 0. The zero-order chi connectivity index (χ0) is 24.1. The maximum absolute atomic E-state index is 14.1. The first kappa shape index (κ1) is 23.3. The molecule has 3 saturated heterocycles. The molecule has 1 saturated carbocycles. The number of ether oxygens (including phenoxy) is 1. The van der Waals surface area contributed by atoms with Gasteiger partial charge in [-0.25, -0.2) is 4.79 Å². The van der Waals surface area contributed by atoms with E-state index in [1.165, 1.54) is 17.0 Å². The van der Waals surface area contributed by atoms with Crippen molar-refractivity contribution in [3.05, 3.63) is 23.8 Å². The Morgan fingerprint density at radius 2 is 1.79 bits per heavy atom. The van der Waals surface area contributed by atoms with Gasteiger partial charge in [0, 0.05) is 37.1 Å². The van der Waals surface area contributed by atoms with Crippen LogP contribution < -0.4 is 9.80 Å². The van der Waals surface area contributed by atoms with Gasteiger partial charge in [-0.05, 0) is 63.1 Å². The van der Waals surface area contributed by atoms with Crippen LogP contribution in [-0.2, 0) is 15.7 Å². The molecule has 10 heteroatoms. The van der Waals surface area contributed by atoms with Gasteiger partial charge in [0.05, 0.1) is 23.6 Å². The van der Waals surface area contributed by atoms with Crippen LogP contribution in [0.25, 0.3) is 0 Å². The summed E-state index contributed by atoms with van der Waals surface area (Å²) >= 11 is 0. The predicted octanol–water partition coefficient (Wildman–Crippen LogP) is 3.78. The Bertz CT molecular complexity index is 963. The maximum Gasteiger partial charge on any atom is 0.418 e. The summed E-state index contributed by atoms with van der Waals surface area (Å²) in [4.78, 5) is 30.2. The molecule has 4 fully saturated rings. The molecule has 0 unspecified atom stereocenters. The summed E-state index contributed by atoms with van der Waals surface area (Å²) in [6, 6.07) is 4.06. The van der Waals surface area contributed by atoms with E-state index >= 15 is 0 Å². The van der Waals surface area contributed by atoms with Crippen LogP contribution in [0.1, 0.15) is 50.5 Å². The number of benzene rings is 1. The Kier molecular flexibility index (Phi) is 5.90. The fourth-order valence-corrected chi connectivity index (χ4v) is 6.10. The number of likely N-dealkylation sites (tertiary alicyclic amines) is 1. The van der Waals surface area contributed by atoms with Gasteiger partial charge in [0.2, 0.25) is 5.91 Å². The predicted molar refractivity (Wildman–Crippen MR) is 119 cm³/mol. The average Bonchev–Trinajstić information content (AvgIpc) is 3.37. The monoisotopic (exact) mass is 481 g/mol. The smallest absolute Gasteiger partial charge is 0.418 e. The number of alkyl halides is 3. The Hall–Kier alpha value is -2.49. The normalized spacial score (nSPS) is 30.4. The van der Waals surface area contributed by atoms with Crippen LogP contribution in [-0.4, -0.2) is 66.9 Å². The highest BCUT2D eigenvalue weighted by Crippen LogP contribution is 2.46. The van der Waals surface area contributed by atoms with Crippen molar-refractivity contribution in [3.8, 4) is 0 Å². The fraction of sp³-hybridized carbons (Fsp3) is 0.667. The number of aliphatic hydroxyl groups excluding tert-OH is 1. The number of carbonyl (C=O) groups excluding carboxylic acids is 2. The zero-order valence-electron chi connectivity index (χ0n) is 19.0. The molecule has 1 atom stereocenters. The first-order valence-electron chi connectivity index (χ1n) is 12.1. The number of piperidine rings is 1. The second-order valence-corrected chi connectivity index (χ2v) is 9.98. The van der Waals surface area contributed by atoms with Crippen LogP contribution in [0.5, 0.6) is 0 Å². The number of rotatable bonds is 3. The van der Waals surface area contributed by atoms with E-state index in [0.29, 0.717) is 45.2 Å². The second kappa shape index (κ2) is 8.62. The van der Waals surface area contributed by atoms with E-state index < -0.39 is 23.2 Å². The topological polar surface area (TPSA) is 73.3 Å². The SMILES string of the molecule is O=C1OCCN1c1ccc(N2CCC[C@@]3(CCN([C@H]4CC[C@H](O)CC4)C3=O)C2)c(C(F)(F)F)c1. The van der Waals surface area contributed by atoms with Crippen molar-refractivity contribution < 1.29 is 32.6 Å². The van der Waals surface area contributed by atoms with Gasteiger partial charge in [-0.15, -0.1) is 0 Å². The summed E-state index contributed by atoms with van der Waals surface area (Å²) < 4.78 is 47.1. The fourth-order valence-electron chi connectivity index (χ4n) is 6.10. The van der Waals surface area contributed by atoms with Crippen LogP contribution in [0, 0.1) is 5.41 Å². The van der Waals surface area contributed by atoms with E-state index in [4.69, 9.17) is 4.74 Å². The van der Waals surface area contributed by atoms with Crippen LogP contribution >= 0.6 is 0 Å². The van der Waals surface area contributed by atoms with Gasteiger partial charge in [-0.2, -0.15) is 13.2 Å².